The predicted molar refractivity (Wildman–Crippen MR) is 95.4 cm³/mol. The minimum Gasteiger partial charge on any atom is -0.484 e. The topological polar surface area (TPSA) is 69.3 Å². The van der Waals surface area contributed by atoms with Crippen LogP contribution in [0.3, 0.4) is 0 Å². The van der Waals surface area contributed by atoms with Crippen LogP contribution in [0.1, 0.15) is 22.0 Å². The Morgan fingerprint density at radius 3 is 2.84 bits per heavy atom. The highest BCUT2D eigenvalue weighted by Crippen LogP contribution is 2.32. The average molecular weight is 380 g/mol. The molecule has 2 aromatic heterocycles. The lowest BCUT2D eigenvalue weighted by Crippen LogP contribution is -2.11. The van der Waals surface area contributed by atoms with E-state index in [4.69, 9.17) is 32.4 Å². The van der Waals surface area contributed by atoms with E-state index < -0.39 is 0 Å². The molecule has 0 spiro atoms. The highest BCUT2D eigenvalue weighted by atomic mass is 35.5. The minimum absolute atomic E-state index is 0.124. The van der Waals surface area contributed by atoms with Gasteiger partial charge in [-0.3, -0.25) is 9.48 Å². The summed E-state index contributed by atoms with van der Waals surface area (Å²) in [5, 5.41) is 7.67. The molecule has 1 aromatic carbocycles. The summed E-state index contributed by atoms with van der Waals surface area (Å²) in [7, 11) is 1.78. The van der Waals surface area contributed by atoms with Crippen LogP contribution < -0.4 is 10.1 Å². The van der Waals surface area contributed by atoms with E-state index in [-0.39, 0.29) is 18.3 Å². The van der Waals surface area contributed by atoms with Crippen LogP contribution in [-0.2, 0) is 13.7 Å². The van der Waals surface area contributed by atoms with Crippen LogP contribution in [0.25, 0.3) is 0 Å². The molecule has 0 saturated heterocycles. The zero-order chi connectivity index (χ0) is 18.0. The summed E-state index contributed by atoms with van der Waals surface area (Å²) in [4.78, 5) is 12.2. The summed E-state index contributed by atoms with van der Waals surface area (Å²) >= 11 is 12.0. The van der Waals surface area contributed by atoms with Gasteiger partial charge in [0.1, 0.15) is 23.1 Å². The van der Waals surface area contributed by atoms with Crippen molar-refractivity contribution in [2.45, 2.75) is 13.5 Å². The third-order valence-corrected chi connectivity index (χ3v) is 4.23. The molecule has 1 N–H and O–H groups in total. The van der Waals surface area contributed by atoms with E-state index in [1.54, 1.807) is 48.3 Å². The third-order valence-electron chi connectivity index (χ3n) is 3.43. The fourth-order valence-electron chi connectivity index (χ4n) is 2.23. The van der Waals surface area contributed by atoms with Crippen molar-refractivity contribution in [3.05, 3.63) is 63.8 Å². The maximum Gasteiger partial charge on any atom is 0.291 e. The Morgan fingerprint density at radius 2 is 2.12 bits per heavy atom. The van der Waals surface area contributed by atoms with Gasteiger partial charge in [-0.1, -0.05) is 29.3 Å². The molecular formula is C17H15Cl2N3O3. The van der Waals surface area contributed by atoms with Crippen molar-refractivity contribution in [1.29, 1.82) is 0 Å². The van der Waals surface area contributed by atoms with Crippen LogP contribution in [0.2, 0.25) is 10.0 Å². The molecule has 2 heterocycles. The van der Waals surface area contributed by atoms with E-state index in [0.29, 0.717) is 27.2 Å². The van der Waals surface area contributed by atoms with Crippen molar-refractivity contribution in [2.24, 2.45) is 7.05 Å². The number of nitrogens with zero attached hydrogens (tertiary/aromatic N) is 2. The molecule has 0 aliphatic carbocycles. The molecule has 0 bridgehead atoms. The van der Waals surface area contributed by atoms with E-state index in [1.807, 2.05) is 6.92 Å². The fraction of sp³-hybridized carbons (Fsp3) is 0.176. The number of amides is 1. The second-order valence-electron chi connectivity index (χ2n) is 5.36. The van der Waals surface area contributed by atoms with Crippen molar-refractivity contribution in [1.82, 2.24) is 9.78 Å². The highest BCUT2D eigenvalue weighted by molar-refractivity contribution is 6.42. The van der Waals surface area contributed by atoms with Crippen LogP contribution >= 0.6 is 23.2 Å². The number of benzene rings is 1. The number of hydrogen-bond donors (Lipinski definition) is 1. The number of aromatic nitrogens is 2. The molecule has 0 atom stereocenters. The van der Waals surface area contributed by atoms with Crippen molar-refractivity contribution in [2.75, 3.05) is 5.32 Å². The zero-order valence-corrected chi connectivity index (χ0v) is 15.1. The quantitative estimate of drug-likeness (QED) is 0.710. The number of ether oxygens (including phenoxy) is 1. The third kappa shape index (κ3) is 3.97. The average Bonchev–Trinajstić information content (AvgIpc) is 3.16. The van der Waals surface area contributed by atoms with Crippen molar-refractivity contribution in [3.8, 4) is 5.75 Å². The number of carbonyl (C=O) groups is 1. The Kier molecular flexibility index (Phi) is 5.01. The van der Waals surface area contributed by atoms with Gasteiger partial charge in [0.25, 0.3) is 5.91 Å². The number of hydrogen-bond acceptors (Lipinski definition) is 4. The molecule has 0 saturated carbocycles. The first kappa shape index (κ1) is 17.4. The molecule has 0 radical (unpaired) electrons. The first-order valence-electron chi connectivity index (χ1n) is 7.41. The van der Waals surface area contributed by atoms with Gasteiger partial charge in [0, 0.05) is 13.2 Å². The Labute approximate surface area is 154 Å². The van der Waals surface area contributed by atoms with E-state index in [1.165, 1.54) is 0 Å². The first-order chi connectivity index (χ1) is 11.9. The van der Waals surface area contributed by atoms with E-state index in [9.17, 15) is 4.79 Å². The SMILES string of the molecule is Cc1nn(C)cc1NC(=O)c1ccc(COc2cccc(Cl)c2Cl)o1. The summed E-state index contributed by atoms with van der Waals surface area (Å²) in [6.45, 7) is 1.94. The first-order valence-corrected chi connectivity index (χ1v) is 8.17. The largest absolute Gasteiger partial charge is 0.484 e. The van der Waals surface area contributed by atoms with Crippen LogP contribution in [0.15, 0.2) is 40.9 Å². The predicted octanol–water partition coefficient (Wildman–Crippen LogP) is 4.46. The summed E-state index contributed by atoms with van der Waals surface area (Å²) < 4.78 is 12.7. The molecule has 0 unspecified atom stereocenters. The van der Waals surface area contributed by atoms with Gasteiger partial charge in [-0.25, -0.2) is 0 Å². The number of anilines is 1. The van der Waals surface area contributed by atoms with Gasteiger partial charge in [-0.15, -0.1) is 0 Å². The second-order valence-corrected chi connectivity index (χ2v) is 6.15. The number of aryl methyl sites for hydroxylation is 2. The van der Waals surface area contributed by atoms with Gasteiger partial charge in [-0.2, -0.15) is 5.10 Å². The van der Waals surface area contributed by atoms with Gasteiger partial charge in [-0.05, 0) is 31.2 Å². The van der Waals surface area contributed by atoms with Crippen LogP contribution in [0.5, 0.6) is 5.75 Å². The van der Waals surface area contributed by atoms with Crippen molar-refractivity contribution in [3.63, 3.8) is 0 Å². The molecule has 3 rings (SSSR count). The molecule has 8 heteroatoms. The number of rotatable bonds is 5. The Bertz CT molecular complexity index is 918. The van der Waals surface area contributed by atoms with Crippen molar-refractivity contribution < 1.29 is 13.9 Å². The second kappa shape index (κ2) is 7.21. The van der Waals surface area contributed by atoms with Crippen LogP contribution in [0, 0.1) is 6.92 Å². The molecule has 0 fully saturated rings. The molecular weight excluding hydrogens is 365 g/mol. The Morgan fingerprint density at radius 1 is 1.32 bits per heavy atom. The van der Waals surface area contributed by atoms with Crippen molar-refractivity contribution >= 4 is 34.8 Å². The maximum absolute atomic E-state index is 12.2. The highest BCUT2D eigenvalue weighted by Gasteiger charge is 2.15. The maximum atomic E-state index is 12.2. The smallest absolute Gasteiger partial charge is 0.291 e. The number of furan rings is 1. The van der Waals surface area contributed by atoms with E-state index >= 15 is 0 Å². The molecule has 0 aliphatic heterocycles. The Balaban J connectivity index is 1.65. The molecule has 1 amide bonds. The summed E-state index contributed by atoms with van der Waals surface area (Å²) in [6.07, 6.45) is 1.72. The molecule has 3 aromatic rings. The lowest BCUT2D eigenvalue weighted by atomic mass is 10.3. The zero-order valence-electron chi connectivity index (χ0n) is 13.5. The number of nitrogens with one attached hydrogen (secondary N) is 1. The molecule has 0 aliphatic rings. The molecule has 130 valence electrons. The molecule has 6 nitrogen and oxygen atoms in total. The lowest BCUT2D eigenvalue weighted by molar-refractivity contribution is 0.0992. The normalized spacial score (nSPS) is 10.7. The van der Waals surface area contributed by atoms with Gasteiger partial charge < -0.3 is 14.5 Å². The summed E-state index contributed by atoms with van der Waals surface area (Å²) in [6, 6.07) is 8.37. The number of halogens is 2. The molecule has 25 heavy (non-hydrogen) atoms. The van der Waals surface area contributed by atoms with Gasteiger partial charge in [0.15, 0.2) is 5.76 Å². The van der Waals surface area contributed by atoms with E-state index in [2.05, 4.69) is 10.4 Å². The summed E-state index contributed by atoms with van der Waals surface area (Å²) in [5.41, 5.74) is 1.36. The van der Waals surface area contributed by atoms with Gasteiger partial charge >= 0.3 is 0 Å². The Hall–Kier alpha value is -2.44. The summed E-state index contributed by atoms with van der Waals surface area (Å²) in [5.74, 6) is 0.758. The van der Waals surface area contributed by atoms with E-state index in [0.717, 1.165) is 5.69 Å². The number of carbonyl (C=O) groups excluding carboxylic acids is 1. The standard InChI is InChI=1S/C17H15Cl2N3O3/c1-10-13(8-22(2)21-10)20-17(23)15-7-6-11(25-15)9-24-14-5-3-4-12(18)16(14)19/h3-8H,9H2,1-2H3,(H,20,23). The fourth-order valence-corrected chi connectivity index (χ4v) is 2.57. The van der Waals surface area contributed by atoms with Gasteiger partial charge in [0.2, 0.25) is 0 Å². The van der Waals surface area contributed by atoms with Crippen LogP contribution in [-0.4, -0.2) is 15.7 Å². The van der Waals surface area contributed by atoms with Gasteiger partial charge in [0.05, 0.1) is 16.4 Å². The lowest BCUT2D eigenvalue weighted by Gasteiger charge is -2.07. The monoisotopic (exact) mass is 379 g/mol. The minimum atomic E-state index is -0.358. The van der Waals surface area contributed by atoms with Crippen LogP contribution in [0.4, 0.5) is 5.69 Å².